The van der Waals surface area contributed by atoms with Crippen molar-refractivity contribution in [3.63, 3.8) is 0 Å². The van der Waals surface area contributed by atoms with Gasteiger partial charge in [0, 0.05) is 6.42 Å². The lowest BCUT2D eigenvalue weighted by molar-refractivity contribution is -0.159. The van der Waals surface area contributed by atoms with Crippen LogP contribution in [0.5, 0.6) is 0 Å². The van der Waals surface area contributed by atoms with Crippen LogP contribution in [0.3, 0.4) is 0 Å². The zero-order valence-electron chi connectivity index (χ0n) is 10.9. The average molecular weight is 270 g/mol. The smallest absolute Gasteiger partial charge is 0.347 e. The molecule has 4 heteroatoms. The van der Waals surface area contributed by atoms with Gasteiger partial charge in [0.1, 0.15) is 0 Å². The van der Waals surface area contributed by atoms with Gasteiger partial charge >= 0.3 is 11.9 Å². The normalized spacial score (nSPS) is 18.0. The first-order chi connectivity index (χ1) is 9.74. The van der Waals surface area contributed by atoms with E-state index in [2.05, 4.69) is 0 Å². The molecule has 1 aliphatic heterocycles. The van der Waals surface area contributed by atoms with E-state index in [-0.39, 0.29) is 6.42 Å². The van der Waals surface area contributed by atoms with Crippen LogP contribution < -0.4 is 0 Å². The minimum Gasteiger partial charge on any atom is -0.463 e. The molecule has 0 unspecified atom stereocenters. The van der Waals surface area contributed by atoms with Gasteiger partial charge < -0.3 is 9.47 Å². The maximum absolute atomic E-state index is 11.9. The van der Waals surface area contributed by atoms with E-state index in [1.807, 2.05) is 42.5 Å². The molecule has 1 saturated heterocycles. The monoisotopic (exact) mass is 270 g/mol. The molecular weight excluding hydrogens is 256 g/mol. The number of fused-ring (bicyclic) bond motifs is 1. The maximum Gasteiger partial charge on any atom is 0.347 e. The summed E-state index contributed by atoms with van der Waals surface area (Å²) >= 11 is 0. The second-order valence-electron chi connectivity index (χ2n) is 4.75. The second-order valence-corrected chi connectivity index (χ2v) is 4.75. The van der Waals surface area contributed by atoms with Gasteiger partial charge in [-0.2, -0.15) is 0 Å². The highest BCUT2D eigenvalue weighted by atomic mass is 16.6. The molecular formula is C16H14O4. The van der Waals surface area contributed by atoms with Crippen molar-refractivity contribution in [1.29, 1.82) is 0 Å². The Labute approximate surface area is 116 Å². The van der Waals surface area contributed by atoms with Crippen molar-refractivity contribution in [1.82, 2.24) is 0 Å². The first-order valence-electron chi connectivity index (χ1n) is 6.57. The first-order valence-corrected chi connectivity index (χ1v) is 6.57. The van der Waals surface area contributed by atoms with Crippen LogP contribution in [0.15, 0.2) is 42.5 Å². The van der Waals surface area contributed by atoms with E-state index in [0.717, 1.165) is 16.3 Å². The van der Waals surface area contributed by atoms with Crippen molar-refractivity contribution < 1.29 is 19.1 Å². The van der Waals surface area contributed by atoms with Crippen molar-refractivity contribution >= 4 is 22.7 Å². The highest BCUT2D eigenvalue weighted by molar-refractivity contribution is 5.89. The highest BCUT2D eigenvalue weighted by Crippen LogP contribution is 2.20. The van der Waals surface area contributed by atoms with E-state index in [9.17, 15) is 9.59 Å². The van der Waals surface area contributed by atoms with Crippen LogP contribution in [-0.4, -0.2) is 24.6 Å². The third-order valence-corrected chi connectivity index (χ3v) is 3.38. The van der Waals surface area contributed by atoms with Gasteiger partial charge in [-0.1, -0.05) is 42.5 Å². The van der Waals surface area contributed by atoms with Gasteiger partial charge in [-0.25, -0.2) is 4.79 Å². The predicted octanol–water partition coefficient (Wildman–Crippen LogP) is 2.24. The number of ether oxygens (including phenoxy) is 2. The Morgan fingerprint density at radius 1 is 1.20 bits per heavy atom. The van der Waals surface area contributed by atoms with Crippen LogP contribution in [0.4, 0.5) is 0 Å². The topological polar surface area (TPSA) is 52.6 Å². The maximum atomic E-state index is 11.9. The Hall–Kier alpha value is -2.36. The molecule has 2 aromatic carbocycles. The van der Waals surface area contributed by atoms with Crippen molar-refractivity contribution in [2.45, 2.75) is 18.9 Å². The Morgan fingerprint density at radius 2 is 2.00 bits per heavy atom. The Morgan fingerprint density at radius 3 is 2.80 bits per heavy atom. The van der Waals surface area contributed by atoms with Crippen LogP contribution in [0.25, 0.3) is 10.8 Å². The third kappa shape index (κ3) is 2.50. The van der Waals surface area contributed by atoms with Gasteiger partial charge in [0.25, 0.3) is 0 Å². The average Bonchev–Trinajstić information content (AvgIpc) is 2.85. The molecule has 20 heavy (non-hydrogen) atoms. The lowest BCUT2D eigenvalue weighted by Gasteiger charge is -2.09. The fourth-order valence-corrected chi connectivity index (χ4v) is 2.39. The number of carbonyl (C=O) groups is 2. The van der Waals surface area contributed by atoms with Crippen LogP contribution in [0.2, 0.25) is 0 Å². The number of carbonyl (C=O) groups excluding carboxylic acids is 2. The molecule has 0 bridgehead atoms. The number of hydrogen-bond acceptors (Lipinski definition) is 4. The highest BCUT2D eigenvalue weighted by Gasteiger charge is 2.30. The molecule has 0 radical (unpaired) electrons. The van der Waals surface area contributed by atoms with Crippen LogP contribution >= 0.6 is 0 Å². The second kappa shape index (κ2) is 5.33. The molecule has 4 nitrogen and oxygen atoms in total. The van der Waals surface area contributed by atoms with E-state index in [4.69, 9.17) is 9.47 Å². The largest absolute Gasteiger partial charge is 0.463 e. The quantitative estimate of drug-likeness (QED) is 0.803. The van der Waals surface area contributed by atoms with E-state index in [1.54, 1.807) is 0 Å². The van der Waals surface area contributed by atoms with Crippen molar-refractivity contribution in [3.05, 3.63) is 48.0 Å². The Balaban J connectivity index is 1.76. The number of rotatable bonds is 3. The van der Waals surface area contributed by atoms with Gasteiger partial charge in [0.2, 0.25) is 6.10 Å². The zero-order valence-corrected chi connectivity index (χ0v) is 10.9. The van der Waals surface area contributed by atoms with E-state index in [1.165, 1.54) is 0 Å². The minimum absolute atomic E-state index is 0.158. The van der Waals surface area contributed by atoms with E-state index < -0.39 is 18.0 Å². The Kier molecular flexibility index (Phi) is 3.37. The molecule has 0 spiro atoms. The van der Waals surface area contributed by atoms with Crippen LogP contribution in [-0.2, 0) is 25.5 Å². The number of benzene rings is 2. The molecule has 1 aliphatic rings. The molecule has 0 saturated carbocycles. The molecule has 3 rings (SSSR count). The summed E-state index contributed by atoms with van der Waals surface area (Å²) in [6.07, 6.45) is -0.136. The molecule has 1 atom stereocenters. The summed E-state index contributed by atoms with van der Waals surface area (Å²) in [7, 11) is 0. The summed E-state index contributed by atoms with van der Waals surface area (Å²) in [5.74, 6) is -0.846. The summed E-state index contributed by atoms with van der Waals surface area (Å²) in [6.45, 7) is 0.324. The van der Waals surface area contributed by atoms with Gasteiger partial charge in [-0.3, -0.25) is 4.79 Å². The van der Waals surface area contributed by atoms with Crippen molar-refractivity contribution in [2.75, 3.05) is 6.61 Å². The fraction of sp³-hybridized carbons (Fsp3) is 0.250. The zero-order chi connectivity index (χ0) is 13.9. The Bertz CT molecular complexity index is 657. The van der Waals surface area contributed by atoms with Crippen LogP contribution in [0.1, 0.15) is 12.0 Å². The molecule has 2 aromatic rings. The van der Waals surface area contributed by atoms with Gasteiger partial charge in [-0.05, 0) is 16.3 Å². The van der Waals surface area contributed by atoms with Gasteiger partial charge in [0.05, 0.1) is 13.0 Å². The van der Waals surface area contributed by atoms with Crippen molar-refractivity contribution in [3.8, 4) is 0 Å². The lowest BCUT2D eigenvalue weighted by Crippen LogP contribution is -2.23. The summed E-state index contributed by atoms with van der Waals surface area (Å²) < 4.78 is 9.93. The SMILES string of the molecule is O=C(Cc1cccc2ccccc12)O[C@@H]1CCOC1=O. The predicted molar refractivity (Wildman–Crippen MR) is 73.1 cm³/mol. The summed E-state index contributed by atoms with van der Waals surface area (Å²) in [4.78, 5) is 23.2. The summed E-state index contributed by atoms with van der Waals surface area (Å²) in [6, 6.07) is 13.7. The summed E-state index contributed by atoms with van der Waals surface area (Å²) in [5.41, 5.74) is 0.902. The van der Waals surface area contributed by atoms with Gasteiger partial charge in [-0.15, -0.1) is 0 Å². The first kappa shape index (κ1) is 12.7. The van der Waals surface area contributed by atoms with E-state index >= 15 is 0 Å². The number of cyclic esters (lactones) is 1. The molecule has 0 aliphatic carbocycles. The third-order valence-electron chi connectivity index (χ3n) is 3.38. The molecule has 0 aromatic heterocycles. The lowest BCUT2D eigenvalue weighted by atomic mass is 10.0. The standard InChI is InChI=1S/C16H14O4/c17-15(20-14-8-9-19-16(14)18)10-12-6-3-5-11-4-1-2-7-13(11)12/h1-7,14H,8-10H2/t14-/m1/s1. The number of hydrogen-bond donors (Lipinski definition) is 0. The number of esters is 2. The molecule has 1 fully saturated rings. The molecule has 102 valence electrons. The van der Waals surface area contributed by atoms with Gasteiger partial charge in [0.15, 0.2) is 0 Å². The van der Waals surface area contributed by atoms with Crippen LogP contribution in [0, 0.1) is 0 Å². The summed E-state index contributed by atoms with van der Waals surface area (Å²) in [5, 5.41) is 2.11. The molecule has 0 N–H and O–H groups in total. The fourth-order valence-electron chi connectivity index (χ4n) is 2.39. The minimum atomic E-state index is -0.738. The molecule has 1 heterocycles. The molecule has 0 amide bonds. The van der Waals surface area contributed by atoms with E-state index in [0.29, 0.717) is 13.0 Å². The van der Waals surface area contributed by atoms with Crippen molar-refractivity contribution in [2.24, 2.45) is 0 Å².